The van der Waals surface area contributed by atoms with Crippen molar-refractivity contribution in [2.45, 2.75) is 25.8 Å². The predicted octanol–water partition coefficient (Wildman–Crippen LogP) is 3.87. The first-order valence-corrected chi connectivity index (χ1v) is 7.37. The molecular formula is C18H19NO2. The van der Waals surface area contributed by atoms with Crippen LogP contribution in [0, 0.1) is 0 Å². The molecule has 3 nitrogen and oxygen atoms in total. The van der Waals surface area contributed by atoms with Gasteiger partial charge in [0.15, 0.2) is 0 Å². The smallest absolute Gasteiger partial charge is 0.408 e. The number of fused-ring (bicyclic) bond motifs is 1. The Morgan fingerprint density at radius 1 is 1.14 bits per heavy atom. The SMILES string of the molecule is CCc1ccccc1[C@H]1c2ccccc2CCN1C(=O)O. The maximum atomic E-state index is 11.7. The normalized spacial score (nSPS) is 17.4. The van der Waals surface area contributed by atoms with E-state index >= 15 is 0 Å². The fourth-order valence-corrected chi connectivity index (χ4v) is 3.23. The molecule has 0 fully saturated rings. The zero-order valence-electron chi connectivity index (χ0n) is 12.1. The molecule has 0 aliphatic carbocycles. The van der Waals surface area contributed by atoms with Crippen LogP contribution in [0.3, 0.4) is 0 Å². The standard InChI is InChI=1S/C18H19NO2/c1-2-13-7-3-5-9-15(13)17-16-10-6-4-8-14(16)11-12-19(17)18(20)21/h3-10,17H,2,11-12H2,1H3,(H,20,21)/t17-/m0/s1. The second kappa shape index (κ2) is 5.60. The zero-order valence-corrected chi connectivity index (χ0v) is 12.1. The van der Waals surface area contributed by atoms with Crippen LogP contribution in [-0.4, -0.2) is 22.6 Å². The Hall–Kier alpha value is -2.29. The van der Waals surface area contributed by atoms with Gasteiger partial charge in [-0.25, -0.2) is 4.79 Å². The van der Waals surface area contributed by atoms with Gasteiger partial charge in [0.25, 0.3) is 0 Å². The highest BCUT2D eigenvalue weighted by Crippen LogP contribution is 2.36. The summed E-state index contributed by atoms with van der Waals surface area (Å²) in [6.45, 7) is 2.66. The third kappa shape index (κ3) is 2.40. The number of rotatable bonds is 2. The first-order chi connectivity index (χ1) is 10.2. The fourth-order valence-electron chi connectivity index (χ4n) is 3.23. The minimum atomic E-state index is -0.847. The molecule has 3 rings (SSSR count). The predicted molar refractivity (Wildman–Crippen MR) is 82.5 cm³/mol. The first kappa shape index (κ1) is 13.7. The average molecular weight is 281 g/mol. The van der Waals surface area contributed by atoms with Gasteiger partial charge in [-0.1, -0.05) is 55.5 Å². The molecule has 0 saturated heterocycles. The van der Waals surface area contributed by atoms with Crippen molar-refractivity contribution >= 4 is 6.09 Å². The molecule has 1 aliphatic heterocycles. The number of hydrogen-bond donors (Lipinski definition) is 1. The number of carbonyl (C=O) groups is 1. The van der Waals surface area contributed by atoms with E-state index in [1.807, 2.05) is 24.3 Å². The molecule has 1 atom stereocenters. The van der Waals surface area contributed by atoms with E-state index in [0.717, 1.165) is 24.0 Å². The molecule has 3 heteroatoms. The van der Waals surface area contributed by atoms with Crippen molar-refractivity contribution in [1.29, 1.82) is 0 Å². The van der Waals surface area contributed by atoms with Crippen LogP contribution < -0.4 is 0 Å². The van der Waals surface area contributed by atoms with Crippen molar-refractivity contribution in [3.8, 4) is 0 Å². The summed E-state index contributed by atoms with van der Waals surface area (Å²) in [6.07, 6.45) is 0.843. The van der Waals surface area contributed by atoms with Gasteiger partial charge in [0.05, 0.1) is 6.04 Å². The van der Waals surface area contributed by atoms with Gasteiger partial charge in [0.2, 0.25) is 0 Å². The lowest BCUT2D eigenvalue weighted by Gasteiger charge is -2.36. The number of hydrogen-bond acceptors (Lipinski definition) is 1. The van der Waals surface area contributed by atoms with Gasteiger partial charge in [0.1, 0.15) is 0 Å². The summed E-state index contributed by atoms with van der Waals surface area (Å²) in [5, 5.41) is 9.59. The van der Waals surface area contributed by atoms with Crippen LogP contribution in [-0.2, 0) is 12.8 Å². The Balaban J connectivity index is 2.17. The molecular weight excluding hydrogens is 262 g/mol. The Morgan fingerprint density at radius 3 is 2.52 bits per heavy atom. The summed E-state index contributed by atoms with van der Waals surface area (Å²) in [5.74, 6) is 0. The maximum Gasteiger partial charge on any atom is 0.408 e. The summed E-state index contributed by atoms with van der Waals surface area (Å²) < 4.78 is 0. The van der Waals surface area contributed by atoms with Crippen molar-refractivity contribution in [2.75, 3.05) is 6.54 Å². The number of benzene rings is 2. The summed E-state index contributed by atoms with van der Waals surface area (Å²) in [5.41, 5.74) is 4.69. The van der Waals surface area contributed by atoms with Crippen LogP contribution in [0.1, 0.15) is 35.2 Å². The van der Waals surface area contributed by atoms with Crippen LogP contribution >= 0.6 is 0 Å². The Bertz CT molecular complexity index is 666. The molecule has 0 saturated carbocycles. The van der Waals surface area contributed by atoms with E-state index in [9.17, 15) is 9.90 Å². The second-order valence-corrected chi connectivity index (χ2v) is 5.38. The monoisotopic (exact) mass is 281 g/mol. The van der Waals surface area contributed by atoms with Crippen molar-refractivity contribution in [3.05, 3.63) is 70.8 Å². The molecule has 1 aliphatic rings. The third-order valence-corrected chi connectivity index (χ3v) is 4.26. The highest BCUT2D eigenvalue weighted by molar-refractivity contribution is 5.68. The van der Waals surface area contributed by atoms with Crippen molar-refractivity contribution in [2.24, 2.45) is 0 Å². The summed E-state index contributed by atoms with van der Waals surface area (Å²) in [7, 11) is 0. The van der Waals surface area contributed by atoms with Gasteiger partial charge >= 0.3 is 6.09 Å². The van der Waals surface area contributed by atoms with E-state index in [2.05, 4.69) is 31.2 Å². The van der Waals surface area contributed by atoms with E-state index in [4.69, 9.17) is 0 Å². The van der Waals surface area contributed by atoms with Gasteiger partial charge in [-0.15, -0.1) is 0 Å². The minimum Gasteiger partial charge on any atom is -0.465 e. The molecule has 1 heterocycles. The molecule has 1 N–H and O–H groups in total. The van der Waals surface area contributed by atoms with E-state index in [0.29, 0.717) is 6.54 Å². The summed E-state index contributed by atoms with van der Waals surface area (Å²) in [4.78, 5) is 13.2. The fraction of sp³-hybridized carbons (Fsp3) is 0.278. The molecule has 0 radical (unpaired) electrons. The lowest BCUT2D eigenvalue weighted by Crippen LogP contribution is -2.40. The van der Waals surface area contributed by atoms with E-state index in [-0.39, 0.29) is 6.04 Å². The van der Waals surface area contributed by atoms with Gasteiger partial charge in [-0.3, -0.25) is 4.90 Å². The molecule has 0 spiro atoms. The number of nitrogens with zero attached hydrogens (tertiary/aromatic N) is 1. The summed E-state index contributed by atoms with van der Waals surface area (Å²) >= 11 is 0. The lowest BCUT2D eigenvalue weighted by atomic mass is 9.86. The largest absolute Gasteiger partial charge is 0.465 e. The van der Waals surface area contributed by atoms with Crippen LogP contribution in [0.5, 0.6) is 0 Å². The zero-order chi connectivity index (χ0) is 14.8. The lowest BCUT2D eigenvalue weighted by molar-refractivity contribution is 0.129. The number of aryl methyl sites for hydroxylation is 1. The average Bonchev–Trinajstić information content (AvgIpc) is 2.53. The van der Waals surface area contributed by atoms with Crippen molar-refractivity contribution < 1.29 is 9.90 Å². The molecule has 1 amide bonds. The van der Waals surface area contributed by atoms with Crippen molar-refractivity contribution in [3.63, 3.8) is 0 Å². The van der Waals surface area contributed by atoms with Gasteiger partial charge in [-0.05, 0) is 35.1 Å². The minimum absolute atomic E-state index is 0.191. The van der Waals surface area contributed by atoms with Crippen LogP contribution in [0.25, 0.3) is 0 Å². The van der Waals surface area contributed by atoms with E-state index in [1.54, 1.807) is 4.90 Å². The third-order valence-electron chi connectivity index (χ3n) is 4.26. The first-order valence-electron chi connectivity index (χ1n) is 7.37. The quantitative estimate of drug-likeness (QED) is 0.907. The van der Waals surface area contributed by atoms with E-state index < -0.39 is 6.09 Å². The van der Waals surface area contributed by atoms with Gasteiger partial charge in [0, 0.05) is 6.54 Å². The molecule has 2 aromatic rings. The maximum absolute atomic E-state index is 11.7. The van der Waals surface area contributed by atoms with Crippen molar-refractivity contribution in [1.82, 2.24) is 4.90 Å². The molecule has 108 valence electrons. The van der Waals surface area contributed by atoms with Gasteiger partial charge < -0.3 is 5.11 Å². The topological polar surface area (TPSA) is 40.5 Å². The van der Waals surface area contributed by atoms with Crippen LogP contribution in [0.15, 0.2) is 48.5 Å². The highest BCUT2D eigenvalue weighted by Gasteiger charge is 2.32. The number of carboxylic acid groups (broad SMARTS) is 1. The van der Waals surface area contributed by atoms with Gasteiger partial charge in [-0.2, -0.15) is 0 Å². The Kier molecular flexibility index (Phi) is 3.65. The van der Waals surface area contributed by atoms with Crippen LogP contribution in [0.4, 0.5) is 4.79 Å². The molecule has 0 unspecified atom stereocenters. The molecule has 0 aromatic heterocycles. The molecule has 0 bridgehead atoms. The van der Waals surface area contributed by atoms with E-state index in [1.165, 1.54) is 11.1 Å². The Labute approximate surface area is 124 Å². The Morgan fingerprint density at radius 2 is 1.81 bits per heavy atom. The number of amides is 1. The van der Waals surface area contributed by atoms with Crippen LogP contribution in [0.2, 0.25) is 0 Å². The molecule has 21 heavy (non-hydrogen) atoms. The second-order valence-electron chi connectivity index (χ2n) is 5.38. The summed E-state index contributed by atoms with van der Waals surface area (Å²) in [6, 6.07) is 16.1. The molecule has 2 aromatic carbocycles. The highest BCUT2D eigenvalue weighted by atomic mass is 16.4.